The van der Waals surface area contributed by atoms with E-state index in [1.54, 1.807) is 7.05 Å². The molecular weight excluding hydrogens is 443 g/mol. The minimum Gasteiger partial charge on any atom is -0.381 e. The molecule has 0 atom stereocenters. The van der Waals surface area contributed by atoms with E-state index in [4.69, 9.17) is 4.74 Å². The van der Waals surface area contributed by atoms with Gasteiger partial charge in [0.25, 0.3) is 0 Å². The number of ether oxygens (including phenoxy) is 1. The van der Waals surface area contributed by atoms with Crippen LogP contribution in [0.15, 0.2) is 35.3 Å². The molecule has 0 saturated carbocycles. The third-order valence-electron chi connectivity index (χ3n) is 3.41. The van der Waals surface area contributed by atoms with Crippen molar-refractivity contribution in [3.8, 4) is 0 Å². The Morgan fingerprint density at radius 2 is 1.81 bits per heavy atom. The van der Waals surface area contributed by atoms with Gasteiger partial charge in [0, 0.05) is 46.3 Å². The van der Waals surface area contributed by atoms with E-state index in [0.717, 1.165) is 31.7 Å². The van der Waals surface area contributed by atoms with Crippen molar-refractivity contribution in [2.24, 2.45) is 10.9 Å². The first-order valence-electron chi connectivity index (χ1n) is 8.94. The summed E-state index contributed by atoms with van der Waals surface area (Å²) in [4.78, 5) is 16.0. The average Bonchev–Trinajstić information content (AvgIpc) is 2.62. The van der Waals surface area contributed by atoms with Gasteiger partial charge in [-0.3, -0.25) is 9.79 Å². The quantitative estimate of drug-likeness (QED) is 0.199. The number of halogens is 1. The van der Waals surface area contributed by atoms with Crippen molar-refractivity contribution in [2.75, 3.05) is 33.4 Å². The fourth-order valence-corrected chi connectivity index (χ4v) is 2.10. The number of hydrogen-bond acceptors (Lipinski definition) is 3. The van der Waals surface area contributed by atoms with Gasteiger partial charge in [-0.2, -0.15) is 0 Å². The highest BCUT2D eigenvalue weighted by atomic mass is 127. The van der Waals surface area contributed by atoms with Crippen molar-refractivity contribution in [3.63, 3.8) is 0 Å². The van der Waals surface area contributed by atoms with E-state index in [1.807, 2.05) is 30.3 Å². The van der Waals surface area contributed by atoms with E-state index in [-0.39, 0.29) is 29.9 Å². The van der Waals surface area contributed by atoms with Crippen molar-refractivity contribution in [2.45, 2.75) is 33.2 Å². The van der Waals surface area contributed by atoms with Crippen LogP contribution in [0.2, 0.25) is 0 Å². The monoisotopic (exact) mass is 476 g/mol. The minimum absolute atomic E-state index is 0. The molecule has 0 heterocycles. The van der Waals surface area contributed by atoms with Crippen LogP contribution in [-0.4, -0.2) is 45.2 Å². The summed E-state index contributed by atoms with van der Waals surface area (Å²) in [7, 11) is 1.72. The molecule has 1 aromatic rings. The van der Waals surface area contributed by atoms with Crippen LogP contribution in [0.5, 0.6) is 0 Å². The predicted octanol–water partition coefficient (Wildman–Crippen LogP) is 2.54. The number of benzene rings is 1. The Morgan fingerprint density at radius 3 is 2.46 bits per heavy atom. The van der Waals surface area contributed by atoms with Crippen molar-refractivity contribution in [1.82, 2.24) is 16.0 Å². The summed E-state index contributed by atoms with van der Waals surface area (Å²) in [5.74, 6) is 1.30. The molecule has 26 heavy (non-hydrogen) atoms. The van der Waals surface area contributed by atoms with Crippen LogP contribution < -0.4 is 16.0 Å². The average molecular weight is 476 g/mol. The standard InChI is InChI=1S/C19H32N4O2.HI/c1-16(2)15-25-13-7-11-21-19(20-3)22-12-10-18(24)23-14-17-8-5-4-6-9-17;/h4-6,8-9,16H,7,10-15H2,1-3H3,(H,23,24)(H2,20,21,22);1H. The molecular formula is C19H33IN4O2. The summed E-state index contributed by atoms with van der Waals surface area (Å²) in [6.45, 7) is 7.71. The van der Waals surface area contributed by atoms with Gasteiger partial charge >= 0.3 is 0 Å². The molecule has 0 aromatic heterocycles. The molecule has 0 saturated heterocycles. The van der Waals surface area contributed by atoms with Crippen LogP contribution in [0.25, 0.3) is 0 Å². The first-order valence-corrected chi connectivity index (χ1v) is 8.94. The molecule has 1 aromatic carbocycles. The molecule has 0 aliphatic heterocycles. The smallest absolute Gasteiger partial charge is 0.222 e. The van der Waals surface area contributed by atoms with Gasteiger partial charge in [-0.1, -0.05) is 44.2 Å². The molecule has 7 heteroatoms. The van der Waals surface area contributed by atoms with Gasteiger partial charge in [0.15, 0.2) is 5.96 Å². The number of hydrogen-bond donors (Lipinski definition) is 3. The van der Waals surface area contributed by atoms with Crippen molar-refractivity contribution < 1.29 is 9.53 Å². The highest BCUT2D eigenvalue weighted by Crippen LogP contribution is 1.97. The SMILES string of the molecule is CN=C(NCCCOCC(C)C)NCCC(=O)NCc1ccccc1.I. The largest absolute Gasteiger partial charge is 0.381 e. The van der Waals surface area contributed by atoms with Crippen LogP contribution in [0.4, 0.5) is 0 Å². The van der Waals surface area contributed by atoms with E-state index in [0.29, 0.717) is 31.4 Å². The van der Waals surface area contributed by atoms with Crippen LogP contribution in [-0.2, 0) is 16.1 Å². The van der Waals surface area contributed by atoms with Gasteiger partial charge in [-0.25, -0.2) is 0 Å². The van der Waals surface area contributed by atoms with Crippen molar-refractivity contribution in [1.29, 1.82) is 0 Å². The number of guanidine groups is 1. The summed E-state index contributed by atoms with van der Waals surface area (Å²) in [5.41, 5.74) is 1.10. The van der Waals surface area contributed by atoms with Crippen LogP contribution in [0, 0.1) is 5.92 Å². The molecule has 6 nitrogen and oxygen atoms in total. The highest BCUT2D eigenvalue weighted by Gasteiger charge is 2.03. The van der Waals surface area contributed by atoms with Crippen LogP contribution in [0.3, 0.4) is 0 Å². The Labute approximate surface area is 174 Å². The Hall–Kier alpha value is -1.35. The van der Waals surface area contributed by atoms with Crippen LogP contribution >= 0.6 is 24.0 Å². The number of rotatable bonds is 11. The Bertz CT molecular complexity index is 510. The topological polar surface area (TPSA) is 74.8 Å². The lowest BCUT2D eigenvalue weighted by Gasteiger charge is -2.12. The molecule has 0 aliphatic rings. The third-order valence-corrected chi connectivity index (χ3v) is 3.41. The Kier molecular flexibility index (Phi) is 15.0. The number of nitrogens with one attached hydrogen (secondary N) is 3. The zero-order valence-corrected chi connectivity index (χ0v) is 18.4. The Balaban J connectivity index is 0.00000625. The predicted molar refractivity (Wildman–Crippen MR) is 118 cm³/mol. The van der Waals surface area contributed by atoms with Gasteiger partial charge < -0.3 is 20.7 Å². The normalized spacial score (nSPS) is 11.0. The van der Waals surface area contributed by atoms with Gasteiger partial charge in [-0.05, 0) is 17.9 Å². The molecule has 0 fully saturated rings. The Morgan fingerprint density at radius 1 is 1.12 bits per heavy atom. The second-order valence-electron chi connectivity index (χ2n) is 6.26. The van der Waals surface area contributed by atoms with Gasteiger partial charge in [-0.15, -0.1) is 24.0 Å². The summed E-state index contributed by atoms with van der Waals surface area (Å²) >= 11 is 0. The fourth-order valence-electron chi connectivity index (χ4n) is 2.10. The second-order valence-corrected chi connectivity index (χ2v) is 6.26. The maximum Gasteiger partial charge on any atom is 0.222 e. The van der Waals surface area contributed by atoms with E-state index in [2.05, 4.69) is 34.8 Å². The second kappa shape index (κ2) is 15.9. The van der Waals surface area contributed by atoms with Crippen molar-refractivity contribution >= 4 is 35.8 Å². The zero-order valence-electron chi connectivity index (χ0n) is 16.1. The van der Waals surface area contributed by atoms with Crippen LogP contribution in [0.1, 0.15) is 32.3 Å². The summed E-state index contributed by atoms with van der Waals surface area (Å²) in [5, 5.41) is 9.27. The molecule has 0 bridgehead atoms. The minimum atomic E-state index is 0. The lowest BCUT2D eigenvalue weighted by molar-refractivity contribution is -0.121. The molecule has 0 aliphatic carbocycles. The molecule has 0 spiro atoms. The van der Waals surface area contributed by atoms with E-state index in [1.165, 1.54) is 0 Å². The zero-order chi connectivity index (χ0) is 18.3. The lowest BCUT2D eigenvalue weighted by Crippen LogP contribution is -2.39. The molecule has 1 amide bonds. The number of carbonyl (C=O) groups excluding carboxylic acids is 1. The first kappa shape index (κ1) is 24.7. The van der Waals surface area contributed by atoms with Gasteiger partial charge in [0.05, 0.1) is 0 Å². The van der Waals surface area contributed by atoms with Crippen molar-refractivity contribution in [3.05, 3.63) is 35.9 Å². The number of aliphatic imine (C=N–C) groups is 1. The maximum absolute atomic E-state index is 11.8. The van der Waals surface area contributed by atoms with E-state index >= 15 is 0 Å². The van der Waals surface area contributed by atoms with Gasteiger partial charge in [0.1, 0.15) is 0 Å². The molecule has 1 rings (SSSR count). The molecule has 0 radical (unpaired) electrons. The fraction of sp³-hybridized carbons (Fsp3) is 0.579. The highest BCUT2D eigenvalue weighted by molar-refractivity contribution is 14.0. The lowest BCUT2D eigenvalue weighted by atomic mass is 10.2. The molecule has 3 N–H and O–H groups in total. The van der Waals surface area contributed by atoms with E-state index in [9.17, 15) is 4.79 Å². The summed E-state index contributed by atoms with van der Waals surface area (Å²) < 4.78 is 5.53. The first-order chi connectivity index (χ1) is 12.1. The maximum atomic E-state index is 11.8. The number of amides is 1. The van der Waals surface area contributed by atoms with E-state index < -0.39 is 0 Å². The molecule has 148 valence electrons. The number of nitrogens with zero attached hydrogens (tertiary/aromatic N) is 1. The molecule has 0 unspecified atom stereocenters. The summed E-state index contributed by atoms with van der Waals surface area (Å²) in [6.07, 6.45) is 1.33. The number of carbonyl (C=O) groups is 1. The summed E-state index contributed by atoms with van der Waals surface area (Å²) in [6, 6.07) is 9.88. The van der Waals surface area contributed by atoms with Gasteiger partial charge in [0.2, 0.25) is 5.91 Å². The third kappa shape index (κ3) is 12.9.